The number of rotatable bonds is 6. The molecule has 0 aliphatic carbocycles. The zero-order valence-corrected chi connectivity index (χ0v) is 15.7. The van der Waals surface area contributed by atoms with Gasteiger partial charge in [-0.2, -0.15) is 0 Å². The van der Waals surface area contributed by atoms with Crippen LogP contribution in [0.15, 0.2) is 63.8 Å². The Morgan fingerprint density at radius 1 is 1.12 bits per heavy atom. The highest BCUT2D eigenvalue weighted by atomic mass is 32.2. The van der Waals surface area contributed by atoms with Crippen molar-refractivity contribution in [2.45, 2.75) is 19.1 Å². The number of hydrogen-bond acceptors (Lipinski definition) is 4. The van der Waals surface area contributed by atoms with Crippen molar-refractivity contribution in [2.24, 2.45) is 0 Å². The SMILES string of the molecule is CCc1ccc2c(CSCC(=O)N(C)c3ccccc3)cc(=O)oc2c1. The van der Waals surface area contributed by atoms with E-state index >= 15 is 0 Å². The number of nitrogens with zero attached hydrogens (tertiary/aromatic N) is 1. The molecule has 1 heterocycles. The van der Waals surface area contributed by atoms with Crippen molar-refractivity contribution in [3.63, 3.8) is 0 Å². The van der Waals surface area contributed by atoms with E-state index in [9.17, 15) is 9.59 Å². The normalized spacial score (nSPS) is 10.8. The van der Waals surface area contributed by atoms with Crippen LogP contribution < -0.4 is 10.5 Å². The van der Waals surface area contributed by atoms with E-state index in [1.54, 1.807) is 11.9 Å². The van der Waals surface area contributed by atoms with Crippen LogP contribution in [0.2, 0.25) is 0 Å². The maximum Gasteiger partial charge on any atom is 0.336 e. The van der Waals surface area contributed by atoms with Gasteiger partial charge >= 0.3 is 5.63 Å². The summed E-state index contributed by atoms with van der Waals surface area (Å²) in [6, 6.07) is 17.0. The molecule has 0 fully saturated rings. The maximum atomic E-state index is 12.4. The quantitative estimate of drug-likeness (QED) is 0.611. The minimum atomic E-state index is -0.353. The van der Waals surface area contributed by atoms with Crippen LogP contribution in [-0.4, -0.2) is 18.7 Å². The van der Waals surface area contributed by atoms with Crippen molar-refractivity contribution < 1.29 is 9.21 Å². The fraction of sp³-hybridized carbons (Fsp3) is 0.238. The lowest BCUT2D eigenvalue weighted by Gasteiger charge is -2.17. The Morgan fingerprint density at radius 3 is 2.62 bits per heavy atom. The van der Waals surface area contributed by atoms with E-state index in [1.807, 2.05) is 48.5 Å². The van der Waals surface area contributed by atoms with Gasteiger partial charge in [-0.15, -0.1) is 11.8 Å². The summed E-state index contributed by atoms with van der Waals surface area (Å²) in [5.74, 6) is 0.962. The largest absolute Gasteiger partial charge is 0.423 e. The van der Waals surface area contributed by atoms with Gasteiger partial charge in [0.2, 0.25) is 5.91 Å². The molecule has 0 N–H and O–H groups in total. The Morgan fingerprint density at radius 2 is 1.88 bits per heavy atom. The van der Waals surface area contributed by atoms with Gasteiger partial charge in [0.25, 0.3) is 0 Å². The number of thioether (sulfide) groups is 1. The van der Waals surface area contributed by atoms with E-state index < -0.39 is 0 Å². The molecular formula is C21H21NO3S. The van der Waals surface area contributed by atoms with Crippen molar-refractivity contribution in [1.29, 1.82) is 0 Å². The molecule has 3 aromatic rings. The summed E-state index contributed by atoms with van der Waals surface area (Å²) in [6.45, 7) is 2.06. The molecule has 26 heavy (non-hydrogen) atoms. The van der Waals surface area contributed by atoms with Gasteiger partial charge in [0.15, 0.2) is 0 Å². The minimum absolute atomic E-state index is 0.0294. The highest BCUT2D eigenvalue weighted by molar-refractivity contribution is 7.99. The third-order valence-corrected chi connectivity index (χ3v) is 5.27. The molecule has 1 amide bonds. The zero-order chi connectivity index (χ0) is 18.5. The smallest absolute Gasteiger partial charge is 0.336 e. The lowest BCUT2D eigenvalue weighted by molar-refractivity contribution is -0.115. The Kier molecular flexibility index (Phi) is 5.78. The van der Waals surface area contributed by atoms with Crippen LogP contribution in [0.3, 0.4) is 0 Å². The summed E-state index contributed by atoms with van der Waals surface area (Å²) in [5.41, 5.74) is 3.16. The minimum Gasteiger partial charge on any atom is -0.423 e. The second kappa shape index (κ2) is 8.23. The molecule has 2 aromatic carbocycles. The van der Waals surface area contributed by atoms with Gasteiger partial charge in [0.1, 0.15) is 5.58 Å². The lowest BCUT2D eigenvalue weighted by atomic mass is 10.1. The summed E-state index contributed by atoms with van der Waals surface area (Å²) in [5, 5.41) is 0.929. The highest BCUT2D eigenvalue weighted by Crippen LogP contribution is 2.23. The number of benzene rings is 2. The fourth-order valence-electron chi connectivity index (χ4n) is 2.75. The molecule has 0 radical (unpaired) electrons. The molecule has 0 aliphatic rings. The molecule has 5 heteroatoms. The van der Waals surface area contributed by atoms with Crippen LogP contribution in [0, 0.1) is 0 Å². The third kappa shape index (κ3) is 4.17. The second-order valence-electron chi connectivity index (χ2n) is 6.06. The first-order valence-electron chi connectivity index (χ1n) is 8.53. The standard InChI is InChI=1S/C21H21NO3S/c1-3-15-9-10-18-16(12-21(24)25-19(18)11-15)13-26-14-20(23)22(2)17-7-5-4-6-8-17/h4-12H,3,13-14H2,1-2H3. The summed E-state index contributed by atoms with van der Waals surface area (Å²) in [6.07, 6.45) is 0.888. The molecule has 134 valence electrons. The number of fused-ring (bicyclic) bond motifs is 1. The van der Waals surface area contributed by atoms with Gasteiger partial charge in [-0.25, -0.2) is 4.79 Å². The van der Waals surface area contributed by atoms with Crippen LogP contribution in [0.5, 0.6) is 0 Å². The number of aryl methyl sites for hydroxylation is 1. The first-order chi connectivity index (χ1) is 12.6. The van der Waals surface area contributed by atoms with Gasteiger partial charge in [-0.05, 0) is 35.7 Å². The first kappa shape index (κ1) is 18.3. The average Bonchev–Trinajstić information content (AvgIpc) is 2.67. The highest BCUT2D eigenvalue weighted by Gasteiger charge is 2.12. The van der Waals surface area contributed by atoms with Crippen molar-refractivity contribution in [2.75, 3.05) is 17.7 Å². The molecule has 0 atom stereocenters. The molecule has 0 unspecified atom stereocenters. The number of hydrogen-bond donors (Lipinski definition) is 0. The molecular weight excluding hydrogens is 346 g/mol. The van der Waals surface area contributed by atoms with Crippen molar-refractivity contribution in [3.05, 3.63) is 76.1 Å². The van der Waals surface area contributed by atoms with E-state index in [1.165, 1.54) is 17.8 Å². The number of anilines is 1. The Labute approximate surface area is 156 Å². The van der Waals surface area contributed by atoms with Crippen molar-refractivity contribution in [3.8, 4) is 0 Å². The van der Waals surface area contributed by atoms with Gasteiger partial charge in [0, 0.05) is 29.9 Å². The summed E-state index contributed by atoms with van der Waals surface area (Å²) in [4.78, 5) is 25.9. The topological polar surface area (TPSA) is 50.5 Å². The van der Waals surface area contributed by atoms with E-state index in [-0.39, 0.29) is 11.5 Å². The molecule has 0 saturated carbocycles. The summed E-state index contributed by atoms with van der Waals surface area (Å²) < 4.78 is 5.33. The summed E-state index contributed by atoms with van der Waals surface area (Å²) in [7, 11) is 1.77. The monoisotopic (exact) mass is 367 g/mol. The Balaban J connectivity index is 1.70. The van der Waals surface area contributed by atoms with Gasteiger partial charge in [-0.3, -0.25) is 4.79 Å². The zero-order valence-electron chi connectivity index (χ0n) is 14.9. The number of carbonyl (C=O) groups is 1. The van der Waals surface area contributed by atoms with E-state index in [4.69, 9.17) is 4.42 Å². The number of carbonyl (C=O) groups excluding carboxylic acids is 1. The summed E-state index contributed by atoms with van der Waals surface area (Å²) >= 11 is 1.50. The number of para-hydroxylation sites is 1. The maximum absolute atomic E-state index is 12.4. The molecule has 1 aromatic heterocycles. The van der Waals surface area contributed by atoms with Gasteiger partial charge < -0.3 is 9.32 Å². The molecule has 0 aliphatic heterocycles. The van der Waals surface area contributed by atoms with Crippen LogP contribution in [0.25, 0.3) is 11.0 Å². The van der Waals surface area contributed by atoms with Crippen molar-refractivity contribution >= 4 is 34.3 Å². The third-order valence-electron chi connectivity index (χ3n) is 4.30. The average molecular weight is 367 g/mol. The molecule has 0 bridgehead atoms. The number of amides is 1. The Bertz CT molecular complexity index is 966. The van der Waals surface area contributed by atoms with Gasteiger partial charge in [0.05, 0.1) is 5.75 Å². The van der Waals surface area contributed by atoms with Gasteiger partial charge in [-0.1, -0.05) is 37.3 Å². The van der Waals surface area contributed by atoms with E-state index in [0.29, 0.717) is 17.1 Å². The van der Waals surface area contributed by atoms with E-state index in [0.717, 1.165) is 28.6 Å². The van der Waals surface area contributed by atoms with E-state index in [2.05, 4.69) is 6.92 Å². The van der Waals surface area contributed by atoms with Crippen LogP contribution in [0.1, 0.15) is 18.1 Å². The predicted octanol–water partition coefficient (Wildman–Crippen LogP) is 4.25. The van der Waals surface area contributed by atoms with Crippen LogP contribution >= 0.6 is 11.8 Å². The second-order valence-corrected chi connectivity index (χ2v) is 7.04. The Hall–Kier alpha value is -2.53. The molecule has 3 rings (SSSR count). The molecule has 4 nitrogen and oxygen atoms in total. The first-order valence-corrected chi connectivity index (χ1v) is 9.69. The lowest BCUT2D eigenvalue weighted by Crippen LogP contribution is -2.27. The molecule has 0 saturated heterocycles. The predicted molar refractivity (Wildman–Crippen MR) is 108 cm³/mol. The van der Waals surface area contributed by atoms with Crippen LogP contribution in [0.4, 0.5) is 5.69 Å². The molecule has 0 spiro atoms. The fourth-order valence-corrected chi connectivity index (χ4v) is 3.68. The van der Waals surface area contributed by atoms with Crippen molar-refractivity contribution in [1.82, 2.24) is 0 Å². The van der Waals surface area contributed by atoms with Crippen LogP contribution in [-0.2, 0) is 17.0 Å².